The maximum Gasteiger partial charge on any atom is 0.163 e. The Hall–Kier alpha value is -1.04. The van der Waals surface area contributed by atoms with Gasteiger partial charge < -0.3 is 4.74 Å². The molecule has 4 unspecified atom stereocenters. The zero-order valence-electron chi connectivity index (χ0n) is 10.8. The van der Waals surface area contributed by atoms with Crippen molar-refractivity contribution in [3.05, 3.63) is 34.9 Å². The van der Waals surface area contributed by atoms with Crippen molar-refractivity contribution >= 4 is 0 Å². The molecule has 0 spiro atoms. The highest BCUT2D eigenvalue weighted by Crippen LogP contribution is 2.45. The molecule has 2 heterocycles. The molecule has 0 radical (unpaired) electrons. The average molecular weight is 268 g/mol. The van der Waals surface area contributed by atoms with Gasteiger partial charge in [0.15, 0.2) is 11.6 Å². The second-order valence-electron chi connectivity index (χ2n) is 5.52. The summed E-state index contributed by atoms with van der Waals surface area (Å²) >= 11 is 0. The number of nitrogens with one attached hydrogen (secondary N) is 1. The summed E-state index contributed by atoms with van der Waals surface area (Å²) in [6, 6.07) is 2.81. The highest BCUT2D eigenvalue weighted by Gasteiger charge is 2.45. The van der Waals surface area contributed by atoms with Crippen LogP contribution >= 0.6 is 0 Å². The number of rotatable bonds is 3. The fourth-order valence-corrected chi connectivity index (χ4v) is 3.37. The summed E-state index contributed by atoms with van der Waals surface area (Å²) in [5, 5.41) is 0. The van der Waals surface area contributed by atoms with Crippen molar-refractivity contribution in [2.75, 3.05) is 0 Å². The first-order chi connectivity index (χ1) is 9.11. The summed E-state index contributed by atoms with van der Waals surface area (Å²) in [6.45, 7) is 1.55. The van der Waals surface area contributed by atoms with E-state index in [1.54, 1.807) is 19.1 Å². The van der Waals surface area contributed by atoms with Crippen LogP contribution in [-0.2, 0) is 4.74 Å². The van der Waals surface area contributed by atoms with Gasteiger partial charge in [-0.1, -0.05) is 12.1 Å². The van der Waals surface area contributed by atoms with Gasteiger partial charge in [-0.2, -0.15) is 0 Å². The van der Waals surface area contributed by atoms with E-state index in [2.05, 4.69) is 5.43 Å². The molecule has 104 valence electrons. The van der Waals surface area contributed by atoms with Crippen LogP contribution in [0.15, 0.2) is 12.1 Å². The SMILES string of the molecule is Cc1ccc(C(NN)C2CC3CCC2O3)c(F)c1F. The second-order valence-corrected chi connectivity index (χ2v) is 5.52. The molecule has 2 saturated heterocycles. The van der Waals surface area contributed by atoms with Gasteiger partial charge in [-0.15, -0.1) is 0 Å². The number of hydrazine groups is 1. The highest BCUT2D eigenvalue weighted by molar-refractivity contribution is 5.29. The molecule has 5 heteroatoms. The van der Waals surface area contributed by atoms with E-state index < -0.39 is 17.7 Å². The Morgan fingerprint density at radius 1 is 1.32 bits per heavy atom. The van der Waals surface area contributed by atoms with E-state index in [0.717, 1.165) is 19.3 Å². The second kappa shape index (κ2) is 4.81. The lowest BCUT2D eigenvalue weighted by molar-refractivity contribution is 0.0853. The molecular formula is C14H18F2N2O. The molecule has 2 aliphatic rings. The van der Waals surface area contributed by atoms with Gasteiger partial charge >= 0.3 is 0 Å². The fraction of sp³-hybridized carbons (Fsp3) is 0.571. The maximum atomic E-state index is 14.1. The zero-order valence-corrected chi connectivity index (χ0v) is 10.8. The summed E-state index contributed by atoms with van der Waals surface area (Å²) in [5.74, 6) is 4.10. The first-order valence-electron chi connectivity index (χ1n) is 6.68. The minimum Gasteiger partial charge on any atom is -0.375 e. The number of aryl methyl sites for hydroxylation is 1. The van der Waals surface area contributed by atoms with E-state index in [-0.39, 0.29) is 18.1 Å². The van der Waals surface area contributed by atoms with Crippen LogP contribution in [0.2, 0.25) is 0 Å². The van der Waals surface area contributed by atoms with Crippen molar-refractivity contribution in [3.8, 4) is 0 Å². The Morgan fingerprint density at radius 2 is 2.11 bits per heavy atom. The van der Waals surface area contributed by atoms with Crippen LogP contribution in [0.4, 0.5) is 8.78 Å². The van der Waals surface area contributed by atoms with Crippen molar-refractivity contribution < 1.29 is 13.5 Å². The lowest BCUT2D eigenvalue weighted by atomic mass is 9.81. The summed E-state index contributed by atoms with van der Waals surface area (Å²) in [4.78, 5) is 0. The van der Waals surface area contributed by atoms with Gasteiger partial charge in [0.25, 0.3) is 0 Å². The molecule has 1 aromatic rings. The first kappa shape index (κ1) is 13.0. The molecule has 3 nitrogen and oxygen atoms in total. The average Bonchev–Trinajstić information content (AvgIpc) is 3.02. The van der Waals surface area contributed by atoms with Crippen LogP contribution in [0.3, 0.4) is 0 Å². The van der Waals surface area contributed by atoms with Crippen molar-refractivity contribution in [1.82, 2.24) is 5.43 Å². The molecule has 0 aromatic heterocycles. The van der Waals surface area contributed by atoms with E-state index in [9.17, 15) is 8.78 Å². The number of fused-ring (bicyclic) bond motifs is 2. The molecule has 3 N–H and O–H groups in total. The first-order valence-corrected chi connectivity index (χ1v) is 6.68. The summed E-state index contributed by atoms with van der Waals surface area (Å²) in [6.07, 6.45) is 3.25. The topological polar surface area (TPSA) is 47.3 Å². The summed E-state index contributed by atoms with van der Waals surface area (Å²) in [7, 11) is 0. The third-order valence-corrected chi connectivity index (χ3v) is 4.40. The molecular weight excluding hydrogens is 250 g/mol. The maximum absolute atomic E-state index is 14.1. The number of benzene rings is 1. The third-order valence-electron chi connectivity index (χ3n) is 4.40. The number of halogens is 2. The smallest absolute Gasteiger partial charge is 0.163 e. The predicted octanol–water partition coefficient (Wildman–Crippen LogP) is 2.35. The molecule has 4 atom stereocenters. The quantitative estimate of drug-likeness (QED) is 0.653. The molecule has 0 aliphatic carbocycles. The van der Waals surface area contributed by atoms with Crippen LogP contribution in [-0.4, -0.2) is 12.2 Å². The molecule has 1 aromatic carbocycles. The molecule has 2 aliphatic heterocycles. The molecule has 3 rings (SSSR count). The number of hydrogen-bond acceptors (Lipinski definition) is 3. The van der Waals surface area contributed by atoms with Crippen LogP contribution in [0, 0.1) is 24.5 Å². The largest absolute Gasteiger partial charge is 0.375 e. The van der Waals surface area contributed by atoms with Crippen molar-refractivity contribution in [1.29, 1.82) is 0 Å². The number of nitrogens with two attached hydrogens (primary N) is 1. The minimum atomic E-state index is -0.800. The number of hydrogen-bond donors (Lipinski definition) is 2. The van der Waals surface area contributed by atoms with E-state index >= 15 is 0 Å². The highest BCUT2D eigenvalue weighted by atomic mass is 19.2. The van der Waals surface area contributed by atoms with Gasteiger partial charge in [0.2, 0.25) is 0 Å². The molecule has 2 fully saturated rings. The zero-order chi connectivity index (χ0) is 13.6. The van der Waals surface area contributed by atoms with Crippen molar-refractivity contribution in [2.24, 2.45) is 11.8 Å². The molecule has 2 bridgehead atoms. The van der Waals surface area contributed by atoms with Gasteiger partial charge in [0, 0.05) is 11.5 Å². The van der Waals surface area contributed by atoms with Gasteiger partial charge in [-0.25, -0.2) is 8.78 Å². The Labute approximate surface area is 111 Å². The predicted molar refractivity (Wildman–Crippen MR) is 67.2 cm³/mol. The Bertz CT molecular complexity index is 495. The summed E-state index contributed by atoms with van der Waals surface area (Å²) < 4.78 is 33.5. The van der Waals surface area contributed by atoms with Crippen molar-refractivity contribution in [2.45, 2.75) is 44.4 Å². The van der Waals surface area contributed by atoms with E-state index in [4.69, 9.17) is 10.6 Å². The van der Waals surface area contributed by atoms with Gasteiger partial charge in [0.05, 0.1) is 18.2 Å². The molecule has 19 heavy (non-hydrogen) atoms. The normalized spacial score (nSPS) is 30.8. The fourth-order valence-electron chi connectivity index (χ4n) is 3.37. The van der Waals surface area contributed by atoms with Gasteiger partial charge in [-0.3, -0.25) is 11.3 Å². The standard InChI is InChI=1S/C14H18F2N2O/c1-7-2-4-9(13(16)12(7)15)14(18-17)10-6-8-3-5-11(10)19-8/h2,4,8,10-11,14,18H,3,5-6,17H2,1H3. The van der Waals surface area contributed by atoms with Crippen LogP contribution in [0.5, 0.6) is 0 Å². The Balaban J connectivity index is 1.93. The van der Waals surface area contributed by atoms with Crippen LogP contribution < -0.4 is 11.3 Å². The van der Waals surface area contributed by atoms with Crippen LogP contribution in [0.1, 0.15) is 36.4 Å². The van der Waals surface area contributed by atoms with E-state index in [1.807, 2.05) is 0 Å². The molecule has 0 saturated carbocycles. The number of ether oxygens (including phenoxy) is 1. The molecule has 0 amide bonds. The lowest BCUT2D eigenvalue weighted by Crippen LogP contribution is -2.38. The Morgan fingerprint density at radius 3 is 2.68 bits per heavy atom. The Kier molecular flexibility index (Phi) is 3.28. The van der Waals surface area contributed by atoms with Crippen LogP contribution in [0.25, 0.3) is 0 Å². The van der Waals surface area contributed by atoms with E-state index in [0.29, 0.717) is 11.1 Å². The summed E-state index contributed by atoms with van der Waals surface area (Å²) in [5.41, 5.74) is 3.25. The minimum absolute atomic E-state index is 0.106. The third kappa shape index (κ3) is 2.06. The lowest BCUT2D eigenvalue weighted by Gasteiger charge is -2.28. The van der Waals surface area contributed by atoms with Gasteiger partial charge in [0.1, 0.15) is 0 Å². The monoisotopic (exact) mass is 268 g/mol. The van der Waals surface area contributed by atoms with Crippen molar-refractivity contribution in [3.63, 3.8) is 0 Å². The van der Waals surface area contributed by atoms with E-state index in [1.165, 1.54) is 0 Å². The van der Waals surface area contributed by atoms with Gasteiger partial charge in [-0.05, 0) is 31.7 Å².